The van der Waals surface area contributed by atoms with Crippen molar-refractivity contribution in [3.63, 3.8) is 0 Å². The third kappa shape index (κ3) is 9.01. The summed E-state index contributed by atoms with van der Waals surface area (Å²) in [4.78, 5) is 28.0. The molecule has 9 nitrogen and oxygen atoms in total. The fourth-order valence-electron chi connectivity index (χ4n) is 4.33. The van der Waals surface area contributed by atoms with Gasteiger partial charge in [0.2, 0.25) is 5.91 Å². The summed E-state index contributed by atoms with van der Waals surface area (Å²) in [5, 5.41) is 6.93. The van der Waals surface area contributed by atoms with Crippen LogP contribution in [0.15, 0.2) is 85.3 Å². The van der Waals surface area contributed by atoms with Gasteiger partial charge in [-0.15, -0.1) is 0 Å². The number of pyridine rings is 1. The van der Waals surface area contributed by atoms with E-state index in [9.17, 15) is 4.79 Å². The van der Waals surface area contributed by atoms with Gasteiger partial charge in [-0.05, 0) is 54.6 Å². The van der Waals surface area contributed by atoms with E-state index in [1.54, 1.807) is 18.3 Å². The first-order valence-corrected chi connectivity index (χ1v) is 14.9. The monoisotopic (exact) mass is 570 g/mol. The van der Waals surface area contributed by atoms with Gasteiger partial charge in [0, 0.05) is 36.0 Å². The fourth-order valence-corrected chi connectivity index (χ4v) is 5.06. The Bertz CT molecular complexity index is 1430. The molecular formula is C31H34N6O3S. The Labute approximate surface area is 244 Å². The number of hydrogen-bond donors (Lipinski definition) is 2. The molecule has 0 saturated carbocycles. The minimum atomic E-state index is -0.219. The van der Waals surface area contributed by atoms with Crippen LogP contribution in [-0.2, 0) is 16.1 Å². The number of fused-ring (bicyclic) bond motifs is 1. The molecule has 4 aromatic rings. The van der Waals surface area contributed by atoms with Crippen LogP contribution in [0.2, 0.25) is 0 Å². The number of ether oxygens (including phenoxy) is 2. The maximum absolute atomic E-state index is 12.5. The molecule has 1 amide bonds. The summed E-state index contributed by atoms with van der Waals surface area (Å²) in [6.07, 6.45) is 7.70. The number of aromatic nitrogens is 3. The standard InChI is InChI=1S/C31H34N6O3S/c38-30(8-4-18-41-19-5-13-37-14-16-39-17-15-37)36-29-20-27-28(21-32-29)33-23-34-31(27)35-25-9-11-26(12-10-25)40-22-24-6-2-1-3-7-24/h1-4,6-12,20-21,23H,5,13-19,22H2,(H,32,36,38)(H,33,34,35). The zero-order valence-electron chi connectivity index (χ0n) is 22.9. The first-order valence-electron chi connectivity index (χ1n) is 13.7. The van der Waals surface area contributed by atoms with Gasteiger partial charge in [-0.1, -0.05) is 36.4 Å². The second-order valence-corrected chi connectivity index (χ2v) is 10.7. The lowest BCUT2D eigenvalue weighted by molar-refractivity contribution is -0.111. The second-order valence-electron chi connectivity index (χ2n) is 9.51. The van der Waals surface area contributed by atoms with Crippen molar-refractivity contribution in [3.05, 3.63) is 90.9 Å². The van der Waals surface area contributed by atoms with Gasteiger partial charge in [0.1, 0.15) is 30.3 Å². The Hall–Kier alpha value is -3.99. The van der Waals surface area contributed by atoms with Crippen molar-refractivity contribution in [3.8, 4) is 5.75 Å². The highest BCUT2D eigenvalue weighted by Crippen LogP contribution is 2.26. The van der Waals surface area contributed by atoms with E-state index in [1.807, 2.05) is 72.4 Å². The Morgan fingerprint density at radius 3 is 2.71 bits per heavy atom. The van der Waals surface area contributed by atoms with Crippen LogP contribution in [0.4, 0.5) is 17.3 Å². The Kier molecular flexibility index (Phi) is 10.5. The fraction of sp³-hybridized carbons (Fsp3) is 0.290. The van der Waals surface area contributed by atoms with Crippen LogP contribution < -0.4 is 15.4 Å². The Morgan fingerprint density at radius 1 is 1.05 bits per heavy atom. The first kappa shape index (κ1) is 28.5. The number of anilines is 3. The van der Waals surface area contributed by atoms with Crippen molar-refractivity contribution in [2.75, 3.05) is 55.0 Å². The van der Waals surface area contributed by atoms with Gasteiger partial charge in [0.15, 0.2) is 0 Å². The van der Waals surface area contributed by atoms with Gasteiger partial charge in [0.25, 0.3) is 0 Å². The van der Waals surface area contributed by atoms with Crippen molar-refractivity contribution in [1.29, 1.82) is 0 Å². The average molecular weight is 571 g/mol. The molecular weight excluding hydrogens is 536 g/mol. The molecule has 1 saturated heterocycles. The molecule has 2 aromatic heterocycles. The topological polar surface area (TPSA) is 102 Å². The van der Waals surface area contributed by atoms with E-state index in [2.05, 4.69) is 30.5 Å². The number of thioether (sulfide) groups is 1. The summed E-state index contributed by atoms with van der Waals surface area (Å²) in [7, 11) is 0. The zero-order valence-corrected chi connectivity index (χ0v) is 23.7. The smallest absolute Gasteiger partial charge is 0.249 e. The number of carbonyl (C=O) groups excluding carboxylic acids is 1. The summed E-state index contributed by atoms with van der Waals surface area (Å²) in [5.41, 5.74) is 2.64. The van der Waals surface area contributed by atoms with E-state index in [-0.39, 0.29) is 5.91 Å². The van der Waals surface area contributed by atoms with Crippen molar-refractivity contribution in [2.45, 2.75) is 13.0 Å². The molecule has 212 valence electrons. The maximum atomic E-state index is 12.5. The van der Waals surface area contributed by atoms with Crippen LogP contribution in [0, 0.1) is 0 Å². The van der Waals surface area contributed by atoms with E-state index >= 15 is 0 Å². The van der Waals surface area contributed by atoms with E-state index in [1.165, 1.54) is 6.33 Å². The van der Waals surface area contributed by atoms with Crippen molar-refractivity contribution < 1.29 is 14.3 Å². The third-order valence-electron chi connectivity index (χ3n) is 6.49. The third-order valence-corrected chi connectivity index (χ3v) is 7.49. The van der Waals surface area contributed by atoms with Crippen LogP contribution in [-0.4, -0.2) is 70.1 Å². The molecule has 0 spiro atoms. The molecule has 10 heteroatoms. The van der Waals surface area contributed by atoms with Crippen LogP contribution in [0.5, 0.6) is 5.75 Å². The molecule has 3 heterocycles. The van der Waals surface area contributed by atoms with Gasteiger partial charge < -0.3 is 20.1 Å². The highest BCUT2D eigenvalue weighted by molar-refractivity contribution is 7.99. The van der Waals surface area contributed by atoms with Crippen molar-refractivity contribution >= 4 is 45.9 Å². The normalized spacial score (nSPS) is 13.9. The molecule has 5 rings (SSSR count). The number of benzene rings is 2. The maximum Gasteiger partial charge on any atom is 0.249 e. The highest BCUT2D eigenvalue weighted by Gasteiger charge is 2.10. The Balaban J connectivity index is 1.10. The summed E-state index contributed by atoms with van der Waals surface area (Å²) in [6, 6.07) is 19.5. The number of nitrogens with zero attached hydrogens (tertiary/aromatic N) is 4. The predicted octanol–water partition coefficient (Wildman–Crippen LogP) is 5.30. The van der Waals surface area contributed by atoms with Gasteiger partial charge in [-0.2, -0.15) is 11.8 Å². The van der Waals surface area contributed by atoms with Crippen LogP contribution >= 0.6 is 11.8 Å². The minimum absolute atomic E-state index is 0.219. The van der Waals surface area contributed by atoms with Crippen LogP contribution in [0.25, 0.3) is 10.9 Å². The summed E-state index contributed by atoms with van der Waals surface area (Å²) < 4.78 is 11.3. The van der Waals surface area contributed by atoms with Gasteiger partial charge in [-0.3, -0.25) is 9.69 Å². The van der Waals surface area contributed by atoms with Gasteiger partial charge in [-0.25, -0.2) is 15.0 Å². The number of rotatable bonds is 13. The lowest BCUT2D eigenvalue weighted by atomic mass is 10.2. The van der Waals surface area contributed by atoms with Gasteiger partial charge in [0.05, 0.1) is 24.9 Å². The van der Waals surface area contributed by atoms with Crippen molar-refractivity contribution in [2.24, 2.45) is 0 Å². The number of amides is 1. The molecule has 0 radical (unpaired) electrons. The average Bonchev–Trinajstić information content (AvgIpc) is 3.01. The summed E-state index contributed by atoms with van der Waals surface area (Å²) in [6.45, 7) is 5.33. The molecule has 41 heavy (non-hydrogen) atoms. The molecule has 2 aromatic carbocycles. The molecule has 0 unspecified atom stereocenters. The largest absolute Gasteiger partial charge is 0.489 e. The molecule has 0 atom stereocenters. The first-order chi connectivity index (χ1) is 20.2. The molecule has 1 fully saturated rings. The highest BCUT2D eigenvalue weighted by atomic mass is 32.2. The van der Waals surface area contributed by atoms with E-state index in [0.717, 1.165) is 73.2 Å². The molecule has 0 aliphatic carbocycles. The second kappa shape index (κ2) is 15.1. The predicted molar refractivity (Wildman–Crippen MR) is 165 cm³/mol. The SMILES string of the molecule is O=C(C=CCSCCCN1CCOCC1)Nc1cc2c(Nc3ccc(OCc4ccccc4)cc3)ncnc2cn1. The van der Waals surface area contributed by atoms with Crippen molar-refractivity contribution in [1.82, 2.24) is 19.9 Å². The molecule has 1 aliphatic rings. The van der Waals surface area contributed by atoms with E-state index in [4.69, 9.17) is 9.47 Å². The number of nitrogens with one attached hydrogen (secondary N) is 2. The molecule has 2 N–H and O–H groups in total. The van der Waals surface area contributed by atoms with Gasteiger partial charge >= 0.3 is 0 Å². The summed E-state index contributed by atoms with van der Waals surface area (Å²) in [5.74, 6) is 3.47. The molecule has 0 bridgehead atoms. The number of carbonyl (C=O) groups is 1. The number of hydrogen-bond acceptors (Lipinski definition) is 9. The summed E-state index contributed by atoms with van der Waals surface area (Å²) >= 11 is 1.82. The van der Waals surface area contributed by atoms with E-state index in [0.29, 0.717) is 23.8 Å². The zero-order chi connectivity index (χ0) is 28.1. The van der Waals surface area contributed by atoms with E-state index < -0.39 is 0 Å². The van der Waals surface area contributed by atoms with Crippen LogP contribution in [0.1, 0.15) is 12.0 Å². The Morgan fingerprint density at radius 2 is 1.88 bits per heavy atom. The quantitative estimate of drug-likeness (QED) is 0.164. The lowest BCUT2D eigenvalue weighted by Gasteiger charge is -2.26. The minimum Gasteiger partial charge on any atom is -0.489 e. The lowest BCUT2D eigenvalue weighted by Crippen LogP contribution is -2.36. The number of morpholine rings is 1. The molecule has 1 aliphatic heterocycles. The van der Waals surface area contributed by atoms with Crippen LogP contribution in [0.3, 0.4) is 0 Å².